The minimum Gasteiger partial charge on any atom is -0.466 e. The van der Waals surface area contributed by atoms with Crippen LogP contribution in [0, 0.1) is 5.92 Å². The first-order valence-electron chi connectivity index (χ1n) is 7.45. The molecule has 0 radical (unpaired) electrons. The first kappa shape index (κ1) is 18.9. The summed E-state index contributed by atoms with van der Waals surface area (Å²) < 4.78 is 15.5. The summed E-state index contributed by atoms with van der Waals surface area (Å²) >= 11 is 0. The van der Waals surface area contributed by atoms with E-state index < -0.39 is 36.2 Å². The Morgan fingerprint density at radius 1 is 0.913 bits per heavy atom. The van der Waals surface area contributed by atoms with E-state index in [4.69, 9.17) is 14.2 Å². The summed E-state index contributed by atoms with van der Waals surface area (Å²) in [5, 5.41) is 2.71. The Labute approximate surface area is 134 Å². The van der Waals surface area contributed by atoms with E-state index in [1.54, 1.807) is 0 Å². The molecule has 1 fully saturated rings. The van der Waals surface area contributed by atoms with Gasteiger partial charge in [-0.05, 0) is 12.8 Å². The molecule has 1 aliphatic carbocycles. The fourth-order valence-electron chi connectivity index (χ4n) is 2.83. The van der Waals surface area contributed by atoms with Crippen LogP contribution in [-0.4, -0.2) is 48.7 Å². The second kappa shape index (κ2) is 8.50. The predicted molar refractivity (Wildman–Crippen MR) is 78.1 cm³/mol. The Hall–Kier alpha value is -2.12. The fourth-order valence-corrected chi connectivity index (χ4v) is 2.83. The molecule has 0 saturated heterocycles. The van der Waals surface area contributed by atoms with Crippen molar-refractivity contribution in [3.63, 3.8) is 0 Å². The molecule has 1 aliphatic rings. The maximum Gasteiger partial charge on any atom is 0.303 e. The summed E-state index contributed by atoms with van der Waals surface area (Å²) in [6, 6.07) is -0.455. The Balaban J connectivity index is 2.88. The SMILES string of the molecule is CC(=O)N[C@H]1C[C@@H](CCOC(C)=O)[C@@H](OC(C)=O)[C@@H]1OC(C)=O. The average molecular weight is 329 g/mol. The van der Waals surface area contributed by atoms with Gasteiger partial charge in [0.25, 0.3) is 0 Å². The molecule has 1 rings (SSSR count). The Morgan fingerprint density at radius 2 is 1.48 bits per heavy atom. The summed E-state index contributed by atoms with van der Waals surface area (Å²) in [5.74, 6) is -1.90. The van der Waals surface area contributed by atoms with E-state index in [2.05, 4.69) is 5.32 Å². The van der Waals surface area contributed by atoms with Gasteiger partial charge in [-0.25, -0.2) is 0 Å². The highest BCUT2D eigenvalue weighted by Crippen LogP contribution is 2.34. The topological polar surface area (TPSA) is 108 Å². The number of hydrogen-bond acceptors (Lipinski definition) is 7. The van der Waals surface area contributed by atoms with Crippen LogP contribution in [0.5, 0.6) is 0 Å². The molecule has 8 heteroatoms. The number of nitrogens with one attached hydrogen (secondary N) is 1. The predicted octanol–water partition coefficient (Wildman–Crippen LogP) is 0.328. The van der Waals surface area contributed by atoms with Gasteiger partial charge in [-0.15, -0.1) is 0 Å². The number of carbonyl (C=O) groups excluding carboxylic acids is 4. The summed E-state index contributed by atoms with van der Waals surface area (Å²) in [6.07, 6.45) is -0.561. The molecule has 1 amide bonds. The van der Waals surface area contributed by atoms with Crippen molar-refractivity contribution in [1.82, 2.24) is 5.32 Å². The maximum absolute atomic E-state index is 11.4. The minimum absolute atomic E-state index is 0.164. The standard InChI is InChI=1S/C15H23NO7/c1-8(17)16-13-7-12(5-6-21-9(2)18)14(22-10(3)19)15(13)23-11(4)20/h12-15H,5-7H2,1-4H3,(H,16,17)/t12-,13+,14-,15-/m1/s1. The highest BCUT2D eigenvalue weighted by Gasteiger charge is 2.47. The molecule has 0 heterocycles. The lowest BCUT2D eigenvalue weighted by Crippen LogP contribution is -2.45. The molecule has 130 valence electrons. The van der Waals surface area contributed by atoms with E-state index in [1.807, 2.05) is 0 Å². The van der Waals surface area contributed by atoms with Gasteiger partial charge in [-0.1, -0.05) is 0 Å². The van der Waals surface area contributed by atoms with E-state index in [0.717, 1.165) is 0 Å². The van der Waals surface area contributed by atoms with Crippen LogP contribution in [0.2, 0.25) is 0 Å². The zero-order chi connectivity index (χ0) is 17.6. The second-order valence-electron chi connectivity index (χ2n) is 5.58. The van der Waals surface area contributed by atoms with Crippen LogP contribution >= 0.6 is 0 Å². The fraction of sp³-hybridized carbons (Fsp3) is 0.733. The van der Waals surface area contributed by atoms with Crippen molar-refractivity contribution in [3.05, 3.63) is 0 Å². The van der Waals surface area contributed by atoms with Gasteiger partial charge in [0.15, 0.2) is 6.10 Å². The van der Waals surface area contributed by atoms with Gasteiger partial charge >= 0.3 is 17.9 Å². The molecule has 0 aromatic rings. The van der Waals surface area contributed by atoms with E-state index in [9.17, 15) is 19.2 Å². The lowest BCUT2D eigenvalue weighted by Gasteiger charge is -2.26. The number of amides is 1. The van der Waals surface area contributed by atoms with E-state index in [-0.39, 0.29) is 18.4 Å². The van der Waals surface area contributed by atoms with Gasteiger partial charge in [0, 0.05) is 33.6 Å². The third kappa shape index (κ3) is 6.25. The zero-order valence-electron chi connectivity index (χ0n) is 13.8. The molecule has 0 unspecified atom stereocenters. The second-order valence-corrected chi connectivity index (χ2v) is 5.58. The highest BCUT2D eigenvalue weighted by atomic mass is 16.6. The van der Waals surface area contributed by atoms with Crippen LogP contribution < -0.4 is 5.32 Å². The molecule has 0 aromatic carbocycles. The number of esters is 3. The van der Waals surface area contributed by atoms with E-state index in [1.165, 1.54) is 27.7 Å². The largest absolute Gasteiger partial charge is 0.466 e. The molecule has 0 bridgehead atoms. The van der Waals surface area contributed by atoms with E-state index >= 15 is 0 Å². The minimum atomic E-state index is -0.761. The molecule has 0 aromatic heterocycles. The van der Waals surface area contributed by atoms with Gasteiger partial charge < -0.3 is 19.5 Å². The molecule has 4 atom stereocenters. The number of ether oxygens (including phenoxy) is 3. The van der Waals surface area contributed by atoms with Gasteiger partial charge in [0.2, 0.25) is 5.91 Å². The maximum atomic E-state index is 11.4. The van der Waals surface area contributed by atoms with Crippen molar-refractivity contribution in [2.24, 2.45) is 5.92 Å². The van der Waals surface area contributed by atoms with Crippen LogP contribution in [0.15, 0.2) is 0 Å². The Bertz CT molecular complexity index is 476. The average Bonchev–Trinajstić information content (AvgIpc) is 2.66. The number of rotatable bonds is 6. The molecule has 1 N–H and O–H groups in total. The molecule has 0 aliphatic heterocycles. The zero-order valence-corrected chi connectivity index (χ0v) is 13.8. The van der Waals surface area contributed by atoms with Crippen LogP contribution in [0.3, 0.4) is 0 Å². The first-order valence-corrected chi connectivity index (χ1v) is 7.45. The van der Waals surface area contributed by atoms with Crippen molar-refractivity contribution >= 4 is 23.8 Å². The summed E-state index contributed by atoms with van der Waals surface area (Å²) in [4.78, 5) is 44.9. The third-order valence-electron chi connectivity index (χ3n) is 3.53. The molecule has 23 heavy (non-hydrogen) atoms. The monoisotopic (exact) mass is 329 g/mol. The summed E-state index contributed by atoms with van der Waals surface area (Å²) in [7, 11) is 0. The van der Waals surface area contributed by atoms with Crippen molar-refractivity contribution in [3.8, 4) is 0 Å². The summed E-state index contributed by atoms with van der Waals surface area (Å²) in [5.41, 5.74) is 0. The normalized spacial score (nSPS) is 26.3. The molecule has 8 nitrogen and oxygen atoms in total. The smallest absolute Gasteiger partial charge is 0.303 e. The van der Waals surface area contributed by atoms with Crippen LogP contribution in [0.4, 0.5) is 0 Å². The van der Waals surface area contributed by atoms with Crippen molar-refractivity contribution < 1.29 is 33.4 Å². The Morgan fingerprint density at radius 3 is 1.96 bits per heavy atom. The highest BCUT2D eigenvalue weighted by molar-refractivity contribution is 5.73. The number of carbonyl (C=O) groups is 4. The van der Waals surface area contributed by atoms with Gasteiger partial charge in [-0.3, -0.25) is 19.2 Å². The van der Waals surface area contributed by atoms with Crippen LogP contribution in [0.25, 0.3) is 0 Å². The molecule has 0 spiro atoms. The van der Waals surface area contributed by atoms with Crippen LogP contribution in [0.1, 0.15) is 40.5 Å². The lowest BCUT2D eigenvalue weighted by atomic mass is 10.0. The lowest BCUT2D eigenvalue weighted by molar-refractivity contribution is -0.166. The quantitative estimate of drug-likeness (QED) is 0.552. The first-order chi connectivity index (χ1) is 10.7. The van der Waals surface area contributed by atoms with Crippen molar-refractivity contribution in [2.45, 2.75) is 58.8 Å². The molecular weight excluding hydrogens is 306 g/mol. The molecule has 1 saturated carbocycles. The van der Waals surface area contributed by atoms with Crippen molar-refractivity contribution in [2.75, 3.05) is 6.61 Å². The van der Waals surface area contributed by atoms with Crippen LogP contribution in [-0.2, 0) is 33.4 Å². The third-order valence-corrected chi connectivity index (χ3v) is 3.53. The van der Waals surface area contributed by atoms with E-state index in [0.29, 0.717) is 12.8 Å². The van der Waals surface area contributed by atoms with Crippen molar-refractivity contribution in [1.29, 1.82) is 0 Å². The molecular formula is C15H23NO7. The summed E-state index contributed by atoms with van der Waals surface area (Å²) in [6.45, 7) is 5.34. The number of hydrogen-bond donors (Lipinski definition) is 1. The Kier molecular flexibility index (Phi) is 6.99. The van der Waals surface area contributed by atoms with Gasteiger partial charge in [0.05, 0.1) is 12.6 Å². The van der Waals surface area contributed by atoms with Gasteiger partial charge in [-0.2, -0.15) is 0 Å². The van der Waals surface area contributed by atoms with Gasteiger partial charge in [0.1, 0.15) is 6.10 Å².